The van der Waals surface area contributed by atoms with E-state index >= 15 is 0 Å². The molecule has 0 radical (unpaired) electrons. The summed E-state index contributed by atoms with van der Waals surface area (Å²) >= 11 is 6.03. The highest BCUT2D eigenvalue weighted by Gasteiger charge is 2.30. The standard InChI is InChI=1S/C18H19ClFN5O/c1-18(26)4-2-3-11(6-18)24-17-14(20)9-23-16(25-17)13-8-22-15-12(13)5-10(19)7-21-15/h5,7-9,11,26H,2-4,6H2,1H3,(H,21,22)(H,23,24,25)/t11-,18?/m0/s1. The third-order valence-corrected chi connectivity index (χ3v) is 4.98. The van der Waals surface area contributed by atoms with Crippen LogP contribution >= 0.6 is 11.6 Å². The largest absolute Gasteiger partial charge is 0.390 e. The number of fused-ring (bicyclic) bond motifs is 1. The van der Waals surface area contributed by atoms with Crippen molar-refractivity contribution in [1.82, 2.24) is 19.9 Å². The van der Waals surface area contributed by atoms with E-state index in [1.807, 2.05) is 6.92 Å². The fraction of sp³-hybridized carbons (Fsp3) is 0.389. The maximum absolute atomic E-state index is 14.2. The van der Waals surface area contributed by atoms with Gasteiger partial charge in [0.2, 0.25) is 0 Å². The van der Waals surface area contributed by atoms with E-state index in [1.165, 1.54) is 0 Å². The molecule has 0 bridgehead atoms. The first kappa shape index (κ1) is 17.2. The molecule has 0 aromatic carbocycles. The van der Waals surface area contributed by atoms with Gasteiger partial charge >= 0.3 is 0 Å². The average molecular weight is 376 g/mol. The zero-order valence-electron chi connectivity index (χ0n) is 14.3. The Labute approximate surface area is 154 Å². The van der Waals surface area contributed by atoms with Crippen LogP contribution in [-0.2, 0) is 0 Å². The van der Waals surface area contributed by atoms with Crippen LogP contribution in [0.2, 0.25) is 5.02 Å². The van der Waals surface area contributed by atoms with Gasteiger partial charge in [-0.1, -0.05) is 11.6 Å². The fourth-order valence-electron chi connectivity index (χ4n) is 3.54. The Morgan fingerprint density at radius 1 is 1.38 bits per heavy atom. The maximum atomic E-state index is 14.2. The van der Waals surface area contributed by atoms with Crippen molar-refractivity contribution in [3.8, 4) is 11.4 Å². The minimum absolute atomic E-state index is 0.0323. The molecule has 8 heteroatoms. The van der Waals surface area contributed by atoms with E-state index in [0.29, 0.717) is 28.5 Å². The Morgan fingerprint density at radius 2 is 2.23 bits per heavy atom. The van der Waals surface area contributed by atoms with Gasteiger partial charge in [-0.3, -0.25) is 0 Å². The quantitative estimate of drug-likeness (QED) is 0.646. The molecule has 0 aliphatic heterocycles. The first-order valence-electron chi connectivity index (χ1n) is 8.56. The van der Waals surface area contributed by atoms with Crippen LogP contribution in [-0.4, -0.2) is 36.7 Å². The molecule has 1 saturated carbocycles. The molecule has 1 aliphatic carbocycles. The minimum atomic E-state index is -0.735. The summed E-state index contributed by atoms with van der Waals surface area (Å²) in [4.78, 5) is 15.7. The third-order valence-electron chi connectivity index (χ3n) is 4.78. The van der Waals surface area contributed by atoms with Gasteiger partial charge in [0, 0.05) is 29.4 Å². The van der Waals surface area contributed by atoms with Crippen LogP contribution in [0.15, 0.2) is 24.7 Å². The Morgan fingerprint density at radius 3 is 3.04 bits per heavy atom. The zero-order chi connectivity index (χ0) is 18.3. The molecular formula is C18H19ClFN5O. The second-order valence-corrected chi connectivity index (χ2v) is 7.51. The lowest BCUT2D eigenvalue weighted by Gasteiger charge is -2.34. The molecule has 136 valence electrons. The van der Waals surface area contributed by atoms with Gasteiger partial charge in [-0.25, -0.2) is 19.3 Å². The molecule has 0 spiro atoms. The Bertz CT molecular complexity index is 958. The highest BCUT2D eigenvalue weighted by molar-refractivity contribution is 6.31. The summed E-state index contributed by atoms with van der Waals surface area (Å²) < 4.78 is 14.2. The number of rotatable bonds is 3. The molecule has 1 unspecified atom stereocenters. The highest BCUT2D eigenvalue weighted by Crippen LogP contribution is 2.31. The number of pyridine rings is 1. The van der Waals surface area contributed by atoms with Gasteiger partial charge in [0.25, 0.3) is 0 Å². The van der Waals surface area contributed by atoms with E-state index < -0.39 is 11.4 Å². The second kappa shape index (κ2) is 6.48. The molecule has 0 amide bonds. The SMILES string of the molecule is CC1(O)CCC[C@H](Nc2nc(-c3c[nH]c4ncc(Cl)cc34)ncc2F)C1. The van der Waals surface area contributed by atoms with Crippen LogP contribution in [0.4, 0.5) is 10.2 Å². The van der Waals surface area contributed by atoms with Crippen molar-refractivity contribution >= 4 is 28.5 Å². The number of nitrogens with one attached hydrogen (secondary N) is 2. The number of aromatic nitrogens is 4. The van der Waals surface area contributed by atoms with Crippen molar-refractivity contribution in [1.29, 1.82) is 0 Å². The molecule has 3 aromatic heterocycles. The molecule has 1 fully saturated rings. The van der Waals surface area contributed by atoms with Gasteiger partial charge in [0.05, 0.1) is 16.8 Å². The van der Waals surface area contributed by atoms with E-state index in [1.54, 1.807) is 18.5 Å². The van der Waals surface area contributed by atoms with E-state index in [0.717, 1.165) is 30.8 Å². The topological polar surface area (TPSA) is 86.7 Å². The number of aromatic amines is 1. The Hall–Kier alpha value is -2.25. The molecule has 3 aromatic rings. The smallest absolute Gasteiger partial charge is 0.183 e. The van der Waals surface area contributed by atoms with Crippen LogP contribution in [0.5, 0.6) is 0 Å². The van der Waals surface area contributed by atoms with Crippen LogP contribution in [0.1, 0.15) is 32.6 Å². The summed E-state index contributed by atoms with van der Waals surface area (Å²) in [5, 5.41) is 14.7. The van der Waals surface area contributed by atoms with Crippen LogP contribution in [0, 0.1) is 5.82 Å². The van der Waals surface area contributed by atoms with E-state index in [2.05, 4.69) is 25.3 Å². The van der Waals surface area contributed by atoms with Crippen molar-refractivity contribution in [2.45, 2.75) is 44.2 Å². The molecular weight excluding hydrogens is 357 g/mol. The number of halogens is 2. The summed E-state index contributed by atoms with van der Waals surface area (Å²) in [5.41, 5.74) is 0.630. The number of anilines is 1. The van der Waals surface area contributed by atoms with E-state index in [9.17, 15) is 9.50 Å². The number of H-pyrrole nitrogens is 1. The first-order valence-corrected chi connectivity index (χ1v) is 8.93. The molecule has 3 N–H and O–H groups in total. The van der Waals surface area contributed by atoms with Crippen LogP contribution in [0.3, 0.4) is 0 Å². The van der Waals surface area contributed by atoms with Gasteiger partial charge in [-0.15, -0.1) is 0 Å². The number of nitrogens with zero attached hydrogens (tertiary/aromatic N) is 3. The lowest BCUT2D eigenvalue weighted by Crippen LogP contribution is -2.38. The summed E-state index contributed by atoms with van der Waals surface area (Å²) in [6.45, 7) is 1.81. The highest BCUT2D eigenvalue weighted by atomic mass is 35.5. The maximum Gasteiger partial charge on any atom is 0.183 e. The number of aliphatic hydroxyl groups is 1. The summed E-state index contributed by atoms with van der Waals surface area (Å²) in [7, 11) is 0. The second-order valence-electron chi connectivity index (χ2n) is 7.08. The molecule has 3 heterocycles. The van der Waals surface area contributed by atoms with Gasteiger partial charge in [0.1, 0.15) is 5.65 Å². The van der Waals surface area contributed by atoms with Crippen molar-refractivity contribution in [2.24, 2.45) is 0 Å². The van der Waals surface area contributed by atoms with Gasteiger partial charge in [0.15, 0.2) is 17.5 Å². The lowest BCUT2D eigenvalue weighted by molar-refractivity contribution is 0.0182. The molecule has 4 rings (SSSR count). The predicted octanol–water partition coefficient (Wildman–Crippen LogP) is 3.92. The minimum Gasteiger partial charge on any atom is -0.390 e. The van der Waals surface area contributed by atoms with Crippen LogP contribution < -0.4 is 5.32 Å². The summed E-state index contributed by atoms with van der Waals surface area (Å²) in [6, 6.07) is 1.74. The molecule has 1 aliphatic rings. The Balaban J connectivity index is 1.66. The van der Waals surface area contributed by atoms with Crippen molar-refractivity contribution < 1.29 is 9.50 Å². The lowest BCUT2D eigenvalue weighted by atomic mass is 9.83. The number of hydrogen-bond acceptors (Lipinski definition) is 5. The first-order chi connectivity index (χ1) is 12.4. The van der Waals surface area contributed by atoms with Crippen molar-refractivity contribution in [3.63, 3.8) is 0 Å². The normalized spacial score (nSPS) is 23.3. The summed E-state index contributed by atoms with van der Waals surface area (Å²) in [6.07, 6.45) is 7.50. The Kier molecular flexibility index (Phi) is 4.28. The molecule has 6 nitrogen and oxygen atoms in total. The number of hydrogen-bond donors (Lipinski definition) is 3. The predicted molar refractivity (Wildman–Crippen MR) is 98.6 cm³/mol. The monoisotopic (exact) mass is 375 g/mol. The molecule has 26 heavy (non-hydrogen) atoms. The van der Waals surface area contributed by atoms with Gasteiger partial charge in [-0.05, 0) is 38.7 Å². The fourth-order valence-corrected chi connectivity index (χ4v) is 3.70. The molecule has 0 saturated heterocycles. The van der Waals surface area contributed by atoms with Crippen molar-refractivity contribution in [2.75, 3.05) is 5.32 Å². The average Bonchev–Trinajstić information content (AvgIpc) is 2.99. The van der Waals surface area contributed by atoms with E-state index in [4.69, 9.17) is 11.6 Å². The van der Waals surface area contributed by atoms with Crippen molar-refractivity contribution in [3.05, 3.63) is 35.5 Å². The summed E-state index contributed by atoms with van der Waals surface area (Å²) in [5.74, 6) is 0.00351. The molecule has 2 atom stereocenters. The zero-order valence-corrected chi connectivity index (χ0v) is 15.0. The van der Waals surface area contributed by atoms with E-state index in [-0.39, 0.29) is 11.9 Å². The van der Waals surface area contributed by atoms with Crippen LogP contribution in [0.25, 0.3) is 22.4 Å². The third kappa shape index (κ3) is 3.37. The van der Waals surface area contributed by atoms with Gasteiger partial charge < -0.3 is 15.4 Å². The van der Waals surface area contributed by atoms with Gasteiger partial charge in [-0.2, -0.15) is 0 Å².